The van der Waals surface area contributed by atoms with Crippen LogP contribution in [0, 0.1) is 6.92 Å². The molecule has 0 amide bonds. The fraction of sp³-hybridized carbons (Fsp3) is 0.500. The van der Waals surface area contributed by atoms with Crippen molar-refractivity contribution in [2.75, 3.05) is 7.11 Å². The van der Waals surface area contributed by atoms with Crippen LogP contribution in [-0.2, 0) is 6.42 Å². The number of aliphatic hydroxyl groups is 1. The van der Waals surface area contributed by atoms with Crippen molar-refractivity contribution >= 4 is 0 Å². The van der Waals surface area contributed by atoms with Gasteiger partial charge in [0, 0.05) is 6.42 Å². The first kappa shape index (κ1) is 11.1. The first-order valence-corrected chi connectivity index (χ1v) is 4.79. The van der Waals surface area contributed by atoms with E-state index in [0.29, 0.717) is 6.42 Å². The summed E-state index contributed by atoms with van der Waals surface area (Å²) in [4.78, 5) is 0. The van der Waals surface area contributed by atoms with E-state index in [1.165, 1.54) is 0 Å². The molecule has 0 aliphatic rings. The lowest BCUT2D eigenvalue weighted by atomic mass is 9.95. The second-order valence-corrected chi connectivity index (χ2v) is 4.23. The Kier molecular flexibility index (Phi) is 3.17. The van der Waals surface area contributed by atoms with E-state index in [9.17, 15) is 5.11 Å². The normalized spacial score (nSPS) is 11.5. The Hall–Kier alpha value is -1.02. The zero-order valence-corrected chi connectivity index (χ0v) is 9.29. The van der Waals surface area contributed by atoms with Crippen molar-refractivity contribution in [3.05, 3.63) is 29.3 Å². The summed E-state index contributed by atoms with van der Waals surface area (Å²) in [6, 6.07) is 5.91. The molecule has 0 saturated carbocycles. The van der Waals surface area contributed by atoms with E-state index in [1.54, 1.807) is 7.11 Å². The molecule has 1 aromatic carbocycles. The van der Waals surface area contributed by atoms with Crippen LogP contribution in [0.5, 0.6) is 5.75 Å². The Morgan fingerprint density at radius 1 is 1.36 bits per heavy atom. The molecule has 2 heteroatoms. The highest BCUT2D eigenvalue weighted by Gasteiger charge is 2.15. The largest absolute Gasteiger partial charge is 0.496 e. The second kappa shape index (κ2) is 4.01. The predicted molar refractivity (Wildman–Crippen MR) is 57.7 cm³/mol. The number of hydrogen-bond acceptors (Lipinski definition) is 2. The van der Waals surface area contributed by atoms with Gasteiger partial charge in [0.25, 0.3) is 0 Å². The molecule has 1 aromatic rings. The van der Waals surface area contributed by atoms with Gasteiger partial charge >= 0.3 is 0 Å². The highest BCUT2D eigenvalue weighted by atomic mass is 16.5. The first-order valence-electron chi connectivity index (χ1n) is 4.79. The third-order valence-corrected chi connectivity index (χ3v) is 2.24. The van der Waals surface area contributed by atoms with Gasteiger partial charge in [-0.15, -0.1) is 0 Å². The van der Waals surface area contributed by atoms with Gasteiger partial charge in [-0.25, -0.2) is 0 Å². The lowest BCUT2D eigenvalue weighted by Gasteiger charge is -2.19. The molecule has 2 nitrogen and oxygen atoms in total. The van der Waals surface area contributed by atoms with E-state index in [0.717, 1.165) is 16.9 Å². The van der Waals surface area contributed by atoms with Gasteiger partial charge in [0.05, 0.1) is 12.7 Å². The van der Waals surface area contributed by atoms with Crippen LogP contribution in [0.15, 0.2) is 18.2 Å². The van der Waals surface area contributed by atoms with E-state index in [-0.39, 0.29) is 0 Å². The van der Waals surface area contributed by atoms with Crippen molar-refractivity contribution in [2.24, 2.45) is 0 Å². The van der Waals surface area contributed by atoms with Crippen molar-refractivity contribution in [2.45, 2.75) is 32.8 Å². The minimum Gasteiger partial charge on any atom is -0.496 e. The van der Waals surface area contributed by atoms with Crippen LogP contribution in [0.25, 0.3) is 0 Å². The first-order chi connectivity index (χ1) is 6.44. The summed E-state index contributed by atoms with van der Waals surface area (Å²) >= 11 is 0. The van der Waals surface area contributed by atoms with Gasteiger partial charge < -0.3 is 9.84 Å². The fourth-order valence-electron chi connectivity index (χ4n) is 1.54. The van der Waals surface area contributed by atoms with E-state index >= 15 is 0 Å². The quantitative estimate of drug-likeness (QED) is 0.800. The van der Waals surface area contributed by atoms with Crippen LogP contribution in [0.1, 0.15) is 25.0 Å². The topological polar surface area (TPSA) is 29.5 Å². The van der Waals surface area contributed by atoms with Crippen molar-refractivity contribution in [1.82, 2.24) is 0 Å². The minimum absolute atomic E-state index is 0.649. The van der Waals surface area contributed by atoms with Crippen molar-refractivity contribution in [3.63, 3.8) is 0 Å². The summed E-state index contributed by atoms with van der Waals surface area (Å²) in [6.07, 6.45) is 0.649. The van der Waals surface area contributed by atoms with Gasteiger partial charge in [-0.1, -0.05) is 12.1 Å². The molecule has 1 rings (SSSR count). The predicted octanol–water partition coefficient (Wildman–Crippen LogP) is 2.32. The lowest BCUT2D eigenvalue weighted by molar-refractivity contribution is 0.0808. The molecule has 0 spiro atoms. The molecule has 0 heterocycles. The van der Waals surface area contributed by atoms with E-state index in [2.05, 4.69) is 0 Å². The summed E-state index contributed by atoms with van der Waals surface area (Å²) in [5.41, 5.74) is 1.57. The molecule has 1 N–H and O–H groups in total. The summed E-state index contributed by atoms with van der Waals surface area (Å²) in [5, 5.41) is 9.72. The molecule has 0 fully saturated rings. The van der Waals surface area contributed by atoms with Crippen LogP contribution in [0.4, 0.5) is 0 Å². The van der Waals surface area contributed by atoms with E-state index < -0.39 is 5.60 Å². The van der Waals surface area contributed by atoms with Crippen LogP contribution >= 0.6 is 0 Å². The van der Waals surface area contributed by atoms with Gasteiger partial charge in [-0.2, -0.15) is 0 Å². The monoisotopic (exact) mass is 194 g/mol. The summed E-state index contributed by atoms with van der Waals surface area (Å²) < 4.78 is 5.22. The fourth-order valence-corrected chi connectivity index (χ4v) is 1.54. The number of ether oxygens (including phenoxy) is 1. The number of methoxy groups -OCH3 is 1. The maximum absolute atomic E-state index is 9.72. The summed E-state index contributed by atoms with van der Waals surface area (Å²) in [6.45, 7) is 5.64. The molecule has 0 aromatic heterocycles. The smallest absolute Gasteiger partial charge is 0.122 e. The zero-order chi connectivity index (χ0) is 10.8. The summed E-state index contributed by atoms with van der Waals surface area (Å²) in [5.74, 6) is 0.881. The molecule has 0 saturated heterocycles. The zero-order valence-electron chi connectivity index (χ0n) is 9.29. The number of rotatable bonds is 3. The molecule has 0 aliphatic carbocycles. The maximum Gasteiger partial charge on any atom is 0.122 e. The molecular weight excluding hydrogens is 176 g/mol. The summed E-state index contributed by atoms with van der Waals surface area (Å²) in [7, 11) is 1.66. The molecular formula is C12H18O2. The van der Waals surface area contributed by atoms with E-state index in [1.807, 2.05) is 39.0 Å². The highest BCUT2D eigenvalue weighted by molar-refractivity contribution is 5.39. The minimum atomic E-state index is -0.670. The van der Waals surface area contributed by atoms with E-state index in [4.69, 9.17) is 4.74 Å². The van der Waals surface area contributed by atoms with Gasteiger partial charge in [0.2, 0.25) is 0 Å². The molecule has 78 valence electrons. The van der Waals surface area contributed by atoms with Crippen molar-refractivity contribution in [3.8, 4) is 5.75 Å². The van der Waals surface area contributed by atoms with Gasteiger partial charge in [-0.3, -0.25) is 0 Å². The average Bonchev–Trinajstić information content (AvgIpc) is 2.06. The molecule has 14 heavy (non-hydrogen) atoms. The average molecular weight is 194 g/mol. The van der Waals surface area contributed by atoms with Crippen LogP contribution in [-0.4, -0.2) is 17.8 Å². The molecule has 0 radical (unpaired) electrons. The highest BCUT2D eigenvalue weighted by Crippen LogP contribution is 2.24. The second-order valence-electron chi connectivity index (χ2n) is 4.23. The molecule has 0 bridgehead atoms. The Balaban J connectivity index is 2.98. The standard InChI is InChI=1S/C12H18O2/c1-9-10(8-12(2,3)13)6-5-7-11(9)14-4/h5-7,13H,8H2,1-4H3. The third kappa shape index (κ3) is 2.74. The lowest BCUT2D eigenvalue weighted by Crippen LogP contribution is -2.22. The molecule has 0 atom stereocenters. The van der Waals surface area contributed by atoms with Crippen molar-refractivity contribution in [1.29, 1.82) is 0 Å². The molecule has 0 aliphatic heterocycles. The number of benzene rings is 1. The van der Waals surface area contributed by atoms with Gasteiger partial charge in [-0.05, 0) is 38.0 Å². The SMILES string of the molecule is COc1cccc(CC(C)(C)O)c1C. The van der Waals surface area contributed by atoms with Crippen LogP contribution in [0.2, 0.25) is 0 Å². The maximum atomic E-state index is 9.72. The van der Waals surface area contributed by atoms with Gasteiger partial charge in [0.15, 0.2) is 0 Å². The van der Waals surface area contributed by atoms with Crippen LogP contribution < -0.4 is 4.74 Å². The number of hydrogen-bond donors (Lipinski definition) is 1. The third-order valence-electron chi connectivity index (χ3n) is 2.24. The Bertz CT molecular complexity index is 311. The van der Waals surface area contributed by atoms with Gasteiger partial charge in [0.1, 0.15) is 5.75 Å². The Morgan fingerprint density at radius 3 is 2.50 bits per heavy atom. The molecule has 0 unspecified atom stereocenters. The van der Waals surface area contributed by atoms with Crippen molar-refractivity contribution < 1.29 is 9.84 Å². The Morgan fingerprint density at radius 2 is 2.00 bits per heavy atom. The Labute approximate surface area is 85.5 Å². The van der Waals surface area contributed by atoms with Crippen LogP contribution in [0.3, 0.4) is 0 Å².